The molecular weight excluding hydrogens is 372 g/mol. The SMILES string of the molecule is Cc1cccc(CNC(=O)c2cc(C)nc(NCCc3ccc(Cl)cc3)n2)c1. The molecule has 2 N–H and O–H groups in total. The average molecular weight is 395 g/mol. The van der Waals surface area contributed by atoms with Gasteiger partial charge in [0.05, 0.1) is 0 Å². The van der Waals surface area contributed by atoms with Crippen molar-refractivity contribution in [2.75, 3.05) is 11.9 Å². The fraction of sp³-hybridized carbons (Fsp3) is 0.227. The molecule has 0 aliphatic rings. The largest absolute Gasteiger partial charge is 0.354 e. The van der Waals surface area contributed by atoms with Crippen molar-refractivity contribution in [3.8, 4) is 0 Å². The number of benzene rings is 2. The van der Waals surface area contributed by atoms with Gasteiger partial charge in [0.1, 0.15) is 5.69 Å². The summed E-state index contributed by atoms with van der Waals surface area (Å²) in [7, 11) is 0. The second-order valence-electron chi connectivity index (χ2n) is 6.69. The number of halogens is 1. The highest BCUT2D eigenvalue weighted by Gasteiger charge is 2.10. The molecule has 0 saturated carbocycles. The topological polar surface area (TPSA) is 66.9 Å². The van der Waals surface area contributed by atoms with Gasteiger partial charge in [0.15, 0.2) is 0 Å². The lowest BCUT2D eigenvalue weighted by atomic mass is 10.1. The zero-order valence-corrected chi connectivity index (χ0v) is 16.8. The van der Waals surface area contributed by atoms with E-state index in [2.05, 4.69) is 26.7 Å². The molecule has 0 atom stereocenters. The summed E-state index contributed by atoms with van der Waals surface area (Å²) in [5, 5.41) is 6.83. The van der Waals surface area contributed by atoms with Gasteiger partial charge in [0, 0.05) is 23.8 Å². The van der Waals surface area contributed by atoms with Crippen LogP contribution in [0.25, 0.3) is 0 Å². The third kappa shape index (κ3) is 5.79. The first-order valence-electron chi connectivity index (χ1n) is 9.17. The van der Waals surface area contributed by atoms with Crippen molar-refractivity contribution >= 4 is 23.5 Å². The Kier molecular flexibility index (Phi) is 6.61. The number of anilines is 1. The molecule has 5 nitrogen and oxygen atoms in total. The Labute approximate surface area is 170 Å². The third-order valence-electron chi connectivity index (χ3n) is 4.23. The van der Waals surface area contributed by atoms with Crippen molar-refractivity contribution in [2.45, 2.75) is 26.8 Å². The molecule has 3 rings (SSSR count). The van der Waals surface area contributed by atoms with Crippen LogP contribution in [0.5, 0.6) is 0 Å². The van der Waals surface area contributed by atoms with Crippen LogP contribution in [0.2, 0.25) is 5.02 Å². The molecule has 0 saturated heterocycles. The minimum Gasteiger partial charge on any atom is -0.354 e. The summed E-state index contributed by atoms with van der Waals surface area (Å²) in [6, 6.07) is 17.5. The van der Waals surface area contributed by atoms with E-state index in [1.54, 1.807) is 6.07 Å². The minimum absolute atomic E-state index is 0.215. The Hall–Kier alpha value is -2.92. The summed E-state index contributed by atoms with van der Waals surface area (Å²) >= 11 is 5.91. The molecule has 1 amide bonds. The Bertz CT molecular complexity index is 957. The molecule has 6 heteroatoms. The average Bonchev–Trinajstić information content (AvgIpc) is 2.67. The van der Waals surface area contributed by atoms with Crippen LogP contribution in [0.15, 0.2) is 54.6 Å². The van der Waals surface area contributed by atoms with Crippen molar-refractivity contribution in [1.29, 1.82) is 0 Å². The molecule has 28 heavy (non-hydrogen) atoms. The van der Waals surface area contributed by atoms with Crippen molar-refractivity contribution in [1.82, 2.24) is 15.3 Å². The second-order valence-corrected chi connectivity index (χ2v) is 7.13. The Morgan fingerprint density at radius 3 is 2.54 bits per heavy atom. The standard InChI is InChI=1S/C22H23ClN4O/c1-15-4-3-5-18(12-15)14-25-21(28)20-13-16(2)26-22(27-20)24-11-10-17-6-8-19(23)9-7-17/h3-9,12-13H,10-11,14H2,1-2H3,(H,25,28)(H,24,26,27). The normalized spacial score (nSPS) is 10.5. The van der Waals surface area contributed by atoms with Gasteiger partial charge in [-0.3, -0.25) is 4.79 Å². The molecule has 0 aliphatic carbocycles. The number of rotatable bonds is 7. The van der Waals surface area contributed by atoms with Crippen LogP contribution in [0.4, 0.5) is 5.95 Å². The molecule has 0 radical (unpaired) electrons. The van der Waals surface area contributed by atoms with E-state index >= 15 is 0 Å². The van der Waals surface area contributed by atoms with E-state index in [4.69, 9.17) is 11.6 Å². The van der Waals surface area contributed by atoms with Crippen LogP contribution in [0.1, 0.15) is 32.9 Å². The molecule has 0 aliphatic heterocycles. The molecule has 1 aromatic heterocycles. The fourth-order valence-corrected chi connectivity index (χ4v) is 2.95. The van der Waals surface area contributed by atoms with Crippen molar-refractivity contribution in [3.63, 3.8) is 0 Å². The first kappa shape index (κ1) is 19.8. The number of nitrogens with zero attached hydrogens (tertiary/aromatic N) is 2. The summed E-state index contributed by atoms with van der Waals surface area (Å²) in [6.45, 7) is 5.00. The number of hydrogen-bond acceptors (Lipinski definition) is 4. The van der Waals surface area contributed by atoms with Crippen LogP contribution >= 0.6 is 11.6 Å². The number of aryl methyl sites for hydroxylation is 2. The number of amides is 1. The van der Waals surface area contributed by atoms with Crippen molar-refractivity contribution < 1.29 is 4.79 Å². The van der Waals surface area contributed by atoms with Crippen LogP contribution in [0.3, 0.4) is 0 Å². The first-order chi connectivity index (χ1) is 13.5. The van der Waals surface area contributed by atoms with E-state index in [0.29, 0.717) is 24.7 Å². The fourth-order valence-electron chi connectivity index (χ4n) is 2.83. The van der Waals surface area contributed by atoms with Gasteiger partial charge in [-0.1, -0.05) is 53.6 Å². The predicted octanol–water partition coefficient (Wildman–Crippen LogP) is 4.33. The van der Waals surface area contributed by atoms with Crippen LogP contribution in [0, 0.1) is 13.8 Å². The molecule has 0 unspecified atom stereocenters. The number of aromatic nitrogens is 2. The van der Waals surface area contributed by atoms with Crippen molar-refractivity contribution in [3.05, 3.63) is 87.7 Å². The van der Waals surface area contributed by atoms with Gasteiger partial charge < -0.3 is 10.6 Å². The summed E-state index contributed by atoms with van der Waals surface area (Å²) < 4.78 is 0. The summed E-state index contributed by atoms with van der Waals surface area (Å²) in [4.78, 5) is 21.2. The predicted molar refractivity (Wildman–Crippen MR) is 113 cm³/mol. The molecule has 144 valence electrons. The monoisotopic (exact) mass is 394 g/mol. The lowest BCUT2D eigenvalue weighted by molar-refractivity contribution is 0.0945. The highest BCUT2D eigenvalue weighted by molar-refractivity contribution is 6.30. The lowest BCUT2D eigenvalue weighted by Crippen LogP contribution is -2.24. The molecule has 2 aromatic carbocycles. The molecule has 0 spiro atoms. The number of carbonyl (C=O) groups excluding carboxylic acids is 1. The van der Waals surface area contributed by atoms with E-state index in [0.717, 1.165) is 28.3 Å². The van der Waals surface area contributed by atoms with E-state index in [9.17, 15) is 4.79 Å². The van der Waals surface area contributed by atoms with Crippen LogP contribution in [-0.2, 0) is 13.0 Å². The van der Waals surface area contributed by atoms with Crippen LogP contribution < -0.4 is 10.6 Å². The molecule has 3 aromatic rings. The van der Waals surface area contributed by atoms with Crippen LogP contribution in [-0.4, -0.2) is 22.4 Å². The quantitative estimate of drug-likeness (QED) is 0.625. The second kappa shape index (κ2) is 9.33. The Morgan fingerprint density at radius 2 is 1.79 bits per heavy atom. The van der Waals surface area contributed by atoms with Gasteiger partial charge in [-0.05, 0) is 49.6 Å². The zero-order valence-electron chi connectivity index (χ0n) is 16.0. The number of nitrogens with one attached hydrogen (secondary N) is 2. The zero-order chi connectivity index (χ0) is 19.9. The molecule has 0 fully saturated rings. The van der Waals surface area contributed by atoms with Crippen molar-refractivity contribution in [2.24, 2.45) is 0 Å². The van der Waals surface area contributed by atoms with Gasteiger partial charge in [-0.15, -0.1) is 0 Å². The molecular formula is C22H23ClN4O. The summed E-state index contributed by atoms with van der Waals surface area (Å²) in [5.41, 5.74) is 4.48. The number of hydrogen-bond donors (Lipinski definition) is 2. The smallest absolute Gasteiger partial charge is 0.270 e. The van der Waals surface area contributed by atoms with Gasteiger partial charge >= 0.3 is 0 Å². The third-order valence-corrected chi connectivity index (χ3v) is 4.48. The highest BCUT2D eigenvalue weighted by Crippen LogP contribution is 2.11. The molecule has 0 bridgehead atoms. The maximum absolute atomic E-state index is 12.5. The van der Waals surface area contributed by atoms with Gasteiger partial charge in [0.2, 0.25) is 5.95 Å². The summed E-state index contributed by atoms with van der Waals surface area (Å²) in [6.07, 6.45) is 0.809. The lowest BCUT2D eigenvalue weighted by Gasteiger charge is -2.09. The minimum atomic E-state index is -0.215. The Balaban J connectivity index is 1.58. The highest BCUT2D eigenvalue weighted by atomic mass is 35.5. The van der Waals surface area contributed by atoms with Gasteiger partial charge in [-0.2, -0.15) is 0 Å². The van der Waals surface area contributed by atoms with E-state index in [1.807, 2.05) is 56.3 Å². The maximum atomic E-state index is 12.5. The molecule has 1 heterocycles. The summed E-state index contributed by atoms with van der Waals surface area (Å²) in [5.74, 6) is 0.238. The van der Waals surface area contributed by atoms with Gasteiger partial charge in [0.25, 0.3) is 5.91 Å². The van der Waals surface area contributed by atoms with E-state index < -0.39 is 0 Å². The first-order valence-corrected chi connectivity index (χ1v) is 9.55. The van der Waals surface area contributed by atoms with E-state index in [-0.39, 0.29) is 5.91 Å². The van der Waals surface area contributed by atoms with E-state index in [1.165, 1.54) is 5.56 Å². The Morgan fingerprint density at radius 1 is 1.00 bits per heavy atom. The van der Waals surface area contributed by atoms with Gasteiger partial charge in [-0.25, -0.2) is 9.97 Å². The number of carbonyl (C=O) groups is 1. The maximum Gasteiger partial charge on any atom is 0.270 e.